The van der Waals surface area contributed by atoms with Gasteiger partial charge in [-0.1, -0.05) is 0 Å². The van der Waals surface area contributed by atoms with Crippen molar-refractivity contribution < 1.29 is 47.9 Å². The summed E-state index contributed by atoms with van der Waals surface area (Å²) in [6.45, 7) is 0.0192. The molecule has 85 heavy (non-hydrogen) atoms. The van der Waals surface area contributed by atoms with Gasteiger partial charge in [-0.15, -0.1) is 0 Å². The molecule has 10 amide bonds. The van der Waals surface area contributed by atoms with Crippen LogP contribution in [0.25, 0.3) is 0 Å². The molecule has 8 aromatic heterocycles. The summed E-state index contributed by atoms with van der Waals surface area (Å²) in [4.78, 5) is 142. The van der Waals surface area contributed by atoms with E-state index in [2.05, 4.69) is 63.1 Å². The number of aryl methyl sites for hydroxylation is 8. The molecule has 442 valence electrons. The number of hydrogen-bond acceptors (Lipinski definition) is 13. The van der Waals surface area contributed by atoms with Gasteiger partial charge in [0.25, 0.3) is 47.3 Å². The molecule has 12 N–H and O–H groups in total. The Labute approximate surface area is 483 Å². The number of amides is 10. The van der Waals surface area contributed by atoms with Gasteiger partial charge < -0.3 is 95.4 Å². The molecule has 0 aromatic carbocycles. The van der Waals surface area contributed by atoms with Gasteiger partial charge in [-0.25, -0.2) is 9.97 Å². The first-order chi connectivity index (χ1) is 40.3. The summed E-state index contributed by atoms with van der Waals surface area (Å²) < 4.78 is 11.8. The molecule has 1 aliphatic rings. The minimum atomic E-state index is -0.823. The molecule has 0 fully saturated rings. The van der Waals surface area contributed by atoms with Gasteiger partial charge >= 0.3 is 0 Å². The van der Waals surface area contributed by atoms with E-state index < -0.39 is 65.1 Å². The molecular formula is C54H61N21O10. The maximum Gasteiger partial charge on any atom is 0.292 e. The number of nitrogens with one attached hydrogen (secondary N) is 10. The predicted molar refractivity (Wildman–Crippen MR) is 310 cm³/mol. The van der Waals surface area contributed by atoms with E-state index in [4.69, 9.17) is 5.73 Å². The van der Waals surface area contributed by atoms with Crippen molar-refractivity contribution in [1.82, 2.24) is 57.1 Å². The van der Waals surface area contributed by atoms with Crippen LogP contribution in [0, 0.1) is 0 Å². The summed E-state index contributed by atoms with van der Waals surface area (Å²) in [5.41, 5.74) is 9.03. The Balaban J connectivity index is 0.879. The fourth-order valence-corrected chi connectivity index (χ4v) is 9.35. The van der Waals surface area contributed by atoms with Crippen LogP contribution in [0.2, 0.25) is 0 Å². The standard InChI is InChI=1S/C54H61N21O10/c1-68-21-30-14-35(68)47(78)56-11-9-10-43(76)64-41-26-74(7)46(65-41)54(85)67-42-27-75(8)45(66-42)53(84)63-34-18-40(73(6)25-34)52(83)60-31-15-36(69(2)22-31)48(79)57-19-28(55)12-44(77)58-29-13-37(70(3)20-29)49(80)61-32-16-39(72(5)23-32)51(82)62-33-17-38(50(81)59-30)71(4)24-33/h13-18,20-28H,9-12,19,55H2,1-8H3,(H,56,78)(H,57,79)(H,58,77)(H,59,81)(H,60,83)(H,61,80)(H,62,82)(H,63,84)(H,64,76)(H,67,85)/t28-/m1/s1. The molecule has 9 rings (SSSR count). The smallest absolute Gasteiger partial charge is 0.292 e. The second kappa shape index (κ2) is 24.1. The fourth-order valence-electron chi connectivity index (χ4n) is 9.35. The molecule has 16 bridgehead atoms. The monoisotopic (exact) mass is 1160 g/mol. The average molecular weight is 1160 g/mol. The Morgan fingerprint density at radius 1 is 0.365 bits per heavy atom. The van der Waals surface area contributed by atoms with Crippen LogP contribution in [-0.2, 0) is 66.0 Å². The van der Waals surface area contributed by atoms with E-state index >= 15 is 0 Å². The van der Waals surface area contributed by atoms with Crippen LogP contribution in [0.4, 0.5) is 45.8 Å². The second-order valence-corrected chi connectivity index (χ2v) is 20.3. The van der Waals surface area contributed by atoms with Crippen LogP contribution in [-0.4, -0.2) is 125 Å². The Morgan fingerprint density at radius 2 is 0.682 bits per heavy atom. The van der Waals surface area contributed by atoms with Crippen molar-refractivity contribution in [2.75, 3.05) is 55.6 Å². The number of fused-ring (bicyclic) bond motifs is 16. The van der Waals surface area contributed by atoms with E-state index in [0.717, 1.165) is 0 Å². The second-order valence-electron chi connectivity index (χ2n) is 20.3. The number of carbonyl (C=O) groups is 10. The van der Waals surface area contributed by atoms with E-state index in [-0.39, 0.29) is 101 Å². The number of nitrogens with zero attached hydrogens (tertiary/aromatic N) is 10. The summed E-state index contributed by atoms with van der Waals surface area (Å²) in [6.07, 6.45) is 12.1. The minimum Gasteiger partial charge on any atom is -0.351 e. The highest BCUT2D eigenvalue weighted by atomic mass is 16.2. The van der Waals surface area contributed by atoms with Crippen LogP contribution in [0.1, 0.15) is 103 Å². The predicted octanol–water partition coefficient (Wildman–Crippen LogP) is 2.25. The van der Waals surface area contributed by atoms with E-state index in [1.54, 1.807) is 75.0 Å². The Hall–Kier alpha value is -11.2. The minimum absolute atomic E-state index is 0.0154. The van der Waals surface area contributed by atoms with E-state index in [1.165, 1.54) is 104 Å². The van der Waals surface area contributed by atoms with Crippen LogP contribution >= 0.6 is 0 Å². The molecule has 9 heterocycles. The highest BCUT2D eigenvalue weighted by Crippen LogP contribution is 2.23. The molecule has 8 aromatic rings. The van der Waals surface area contributed by atoms with Crippen molar-refractivity contribution in [2.24, 2.45) is 62.1 Å². The first-order valence-electron chi connectivity index (χ1n) is 26.2. The third-order valence-electron chi connectivity index (χ3n) is 13.5. The number of aromatic nitrogens is 10. The van der Waals surface area contributed by atoms with E-state index in [0.29, 0.717) is 22.7 Å². The molecule has 0 spiro atoms. The molecule has 1 aliphatic heterocycles. The molecule has 0 radical (unpaired) electrons. The SMILES string of the molecule is Cn1cc2cc1C(=O)NCCCC(=O)Nc1cn(C)c(n1)C(=O)Nc1cn(C)c(n1)C(=O)Nc1cc(n(C)c1)C(=O)Nc1cc(n(C)c1)C(=O)NC[C@H](N)CC(=O)Nc1cc(n(C)c1)C(=O)Nc1cc(n(C)c1)C(=O)Nc1cc(n(C)c1)C(=O)N2. The summed E-state index contributed by atoms with van der Waals surface area (Å²) in [6, 6.07) is 7.96. The van der Waals surface area contributed by atoms with Gasteiger partial charge in [-0.2, -0.15) is 0 Å². The van der Waals surface area contributed by atoms with Crippen LogP contribution in [0.3, 0.4) is 0 Å². The van der Waals surface area contributed by atoms with Crippen molar-refractivity contribution >= 4 is 105 Å². The third-order valence-corrected chi connectivity index (χ3v) is 13.5. The maximum atomic E-state index is 13.5. The Morgan fingerprint density at radius 3 is 1.07 bits per heavy atom. The van der Waals surface area contributed by atoms with Crippen LogP contribution in [0.15, 0.2) is 86.0 Å². The lowest BCUT2D eigenvalue weighted by Crippen LogP contribution is -2.39. The number of nitrogens with two attached hydrogens (primary N) is 1. The summed E-state index contributed by atoms with van der Waals surface area (Å²) in [5, 5.41) is 27.2. The van der Waals surface area contributed by atoms with Crippen molar-refractivity contribution in [2.45, 2.75) is 25.3 Å². The van der Waals surface area contributed by atoms with Crippen molar-refractivity contribution in [3.63, 3.8) is 0 Å². The van der Waals surface area contributed by atoms with Gasteiger partial charge in [-0.3, -0.25) is 47.9 Å². The van der Waals surface area contributed by atoms with E-state index in [9.17, 15) is 47.9 Å². The van der Waals surface area contributed by atoms with Gasteiger partial charge in [0.1, 0.15) is 34.2 Å². The number of carbonyl (C=O) groups excluding carboxylic acids is 10. The Bertz CT molecular complexity index is 4020. The number of rotatable bonds is 0. The van der Waals surface area contributed by atoms with Gasteiger partial charge in [0.05, 0.1) is 34.1 Å². The Kier molecular flexibility index (Phi) is 16.5. The first-order valence-corrected chi connectivity index (χ1v) is 26.2. The van der Waals surface area contributed by atoms with Crippen LogP contribution in [0.5, 0.6) is 0 Å². The molecule has 1 atom stereocenters. The summed E-state index contributed by atoms with van der Waals surface area (Å²) >= 11 is 0. The zero-order valence-electron chi connectivity index (χ0n) is 47.3. The van der Waals surface area contributed by atoms with Gasteiger partial charge in [0.15, 0.2) is 11.6 Å². The average Bonchev–Trinajstić information content (AvgIpc) is 3.88. The van der Waals surface area contributed by atoms with Crippen molar-refractivity contribution in [1.29, 1.82) is 0 Å². The fraction of sp³-hybridized carbons (Fsp3) is 0.259. The third kappa shape index (κ3) is 13.4. The molecule has 0 saturated carbocycles. The topological polar surface area (TPSA) is 382 Å². The van der Waals surface area contributed by atoms with Crippen LogP contribution < -0.4 is 58.9 Å². The summed E-state index contributed by atoms with van der Waals surface area (Å²) in [7, 11) is 12.8. The summed E-state index contributed by atoms with van der Waals surface area (Å²) in [5.74, 6) is -5.55. The molecule has 31 nitrogen and oxygen atoms in total. The zero-order chi connectivity index (χ0) is 61.1. The molecular weight excluding hydrogens is 1100 g/mol. The number of hydrogen-bond donors (Lipinski definition) is 11. The largest absolute Gasteiger partial charge is 0.351 e. The van der Waals surface area contributed by atoms with Gasteiger partial charge in [-0.05, 0) is 42.8 Å². The number of imidazole rings is 2. The molecule has 0 aliphatic carbocycles. The highest BCUT2D eigenvalue weighted by Gasteiger charge is 2.25. The molecule has 31 heteroatoms. The zero-order valence-corrected chi connectivity index (χ0v) is 47.3. The first kappa shape index (κ1) is 58.4. The lowest BCUT2D eigenvalue weighted by atomic mass is 10.2. The van der Waals surface area contributed by atoms with Gasteiger partial charge in [0.2, 0.25) is 23.5 Å². The highest BCUT2D eigenvalue weighted by molar-refractivity contribution is 6.10. The quantitative estimate of drug-likeness (QED) is 0.104. The number of anilines is 8. The normalized spacial score (nSPS) is 15.9. The molecule has 0 unspecified atom stereocenters. The lowest BCUT2D eigenvalue weighted by Gasteiger charge is -2.12. The maximum absolute atomic E-state index is 13.5. The van der Waals surface area contributed by atoms with E-state index in [1.807, 2.05) is 0 Å². The van der Waals surface area contributed by atoms with Gasteiger partial charge in [0, 0.05) is 138 Å². The van der Waals surface area contributed by atoms with Crippen molar-refractivity contribution in [3.8, 4) is 0 Å². The molecule has 0 saturated heterocycles. The lowest BCUT2D eigenvalue weighted by molar-refractivity contribution is -0.117. The van der Waals surface area contributed by atoms with Crippen molar-refractivity contribution in [3.05, 3.63) is 132 Å².